The van der Waals surface area contributed by atoms with Gasteiger partial charge in [-0.1, -0.05) is 23.7 Å². The molecular formula is C15H16ClNS. The molecule has 1 N–H and O–H groups in total. The Hall–Kier alpha value is -0.990. The number of rotatable bonds is 2. The Morgan fingerprint density at radius 2 is 2.33 bits per heavy atom. The van der Waals surface area contributed by atoms with E-state index in [0.717, 1.165) is 18.0 Å². The first-order valence-corrected chi connectivity index (χ1v) is 7.53. The lowest BCUT2D eigenvalue weighted by molar-refractivity contribution is 0.539. The van der Waals surface area contributed by atoms with Crippen molar-refractivity contribution >= 4 is 28.6 Å². The summed E-state index contributed by atoms with van der Waals surface area (Å²) in [7, 11) is 0. The van der Waals surface area contributed by atoms with Crippen LogP contribution < -0.4 is 5.32 Å². The van der Waals surface area contributed by atoms with Crippen molar-refractivity contribution in [3.05, 3.63) is 50.7 Å². The second kappa shape index (κ2) is 4.94. The zero-order chi connectivity index (χ0) is 12.5. The minimum Gasteiger partial charge on any atom is -0.384 e. The fourth-order valence-electron chi connectivity index (χ4n) is 2.57. The third kappa shape index (κ3) is 2.40. The summed E-state index contributed by atoms with van der Waals surface area (Å²) >= 11 is 8.01. The molecule has 1 atom stereocenters. The number of anilines is 1. The van der Waals surface area contributed by atoms with Crippen molar-refractivity contribution in [2.45, 2.75) is 19.8 Å². The molecule has 0 fully saturated rings. The lowest BCUT2D eigenvalue weighted by Crippen LogP contribution is -2.24. The van der Waals surface area contributed by atoms with Gasteiger partial charge in [-0.2, -0.15) is 0 Å². The molecule has 1 aromatic heterocycles. The lowest BCUT2D eigenvalue weighted by atomic mass is 9.90. The van der Waals surface area contributed by atoms with Crippen molar-refractivity contribution in [1.29, 1.82) is 0 Å². The molecule has 1 unspecified atom stereocenters. The molecule has 3 rings (SSSR count). The van der Waals surface area contributed by atoms with E-state index >= 15 is 0 Å². The van der Waals surface area contributed by atoms with E-state index in [4.69, 9.17) is 11.6 Å². The maximum absolute atomic E-state index is 6.16. The van der Waals surface area contributed by atoms with Crippen molar-refractivity contribution in [2.24, 2.45) is 5.92 Å². The van der Waals surface area contributed by atoms with Crippen molar-refractivity contribution in [3.8, 4) is 0 Å². The van der Waals surface area contributed by atoms with Crippen LogP contribution >= 0.6 is 22.9 Å². The van der Waals surface area contributed by atoms with Crippen LogP contribution in [0.3, 0.4) is 0 Å². The molecule has 0 radical (unpaired) electrons. The van der Waals surface area contributed by atoms with Crippen molar-refractivity contribution in [1.82, 2.24) is 0 Å². The SMILES string of the molecule is Cc1cc2c(cc1Cl)NCC(Cc1cccs1)C2. The molecule has 94 valence electrons. The second-order valence-electron chi connectivity index (χ2n) is 4.99. The average molecular weight is 278 g/mol. The van der Waals surface area contributed by atoms with E-state index in [9.17, 15) is 0 Å². The molecule has 1 nitrogen and oxygen atoms in total. The quantitative estimate of drug-likeness (QED) is 0.850. The Morgan fingerprint density at radius 1 is 1.44 bits per heavy atom. The summed E-state index contributed by atoms with van der Waals surface area (Å²) in [5.41, 5.74) is 3.80. The standard InChI is InChI=1S/C15H16ClNS/c1-10-5-12-6-11(7-13-3-2-4-18-13)9-17-15(12)8-14(10)16/h2-5,8,11,17H,6-7,9H2,1H3. The minimum absolute atomic E-state index is 0.691. The lowest BCUT2D eigenvalue weighted by Gasteiger charge is -2.26. The van der Waals surface area contributed by atoms with Crippen LogP contribution in [0.5, 0.6) is 0 Å². The van der Waals surface area contributed by atoms with Gasteiger partial charge in [-0.05, 0) is 54.3 Å². The second-order valence-corrected chi connectivity index (χ2v) is 6.43. The van der Waals surface area contributed by atoms with Gasteiger partial charge in [0.1, 0.15) is 0 Å². The number of hydrogen-bond acceptors (Lipinski definition) is 2. The Bertz CT molecular complexity index is 548. The van der Waals surface area contributed by atoms with E-state index in [2.05, 4.69) is 41.9 Å². The fourth-order valence-corrected chi connectivity index (χ4v) is 3.55. The van der Waals surface area contributed by atoms with E-state index < -0.39 is 0 Å². The Balaban J connectivity index is 1.78. The van der Waals surface area contributed by atoms with Gasteiger partial charge in [0.2, 0.25) is 0 Å². The fraction of sp³-hybridized carbons (Fsp3) is 0.333. The number of nitrogens with one attached hydrogen (secondary N) is 1. The molecule has 0 saturated carbocycles. The molecule has 0 saturated heterocycles. The van der Waals surface area contributed by atoms with Crippen LogP contribution in [0.1, 0.15) is 16.0 Å². The molecule has 0 spiro atoms. The summed E-state index contributed by atoms with van der Waals surface area (Å²) in [4.78, 5) is 1.48. The highest BCUT2D eigenvalue weighted by Crippen LogP contribution is 2.31. The van der Waals surface area contributed by atoms with Crippen molar-refractivity contribution in [2.75, 3.05) is 11.9 Å². The Morgan fingerprint density at radius 3 is 3.11 bits per heavy atom. The number of halogens is 1. The molecule has 1 aromatic carbocycles. The van der Waals surface area contributed by atoms with Crippen LogP contribution in [0.2, 0.25) is 5.02 Å². The first-order chi connectivity index (χ1) is 8.72. The molecule has 0 bridgehead atoms. The van der Waals surface area contributed by atoms with Gasteiger partial charge in [0.05, 0.1) is 0 Å². The molecule has 0 aliphatic carbocycles. The molecular weight excluding hydrogens is 262 g/mol. The average Bonchev–Trinajstić information content (AvgIpc) is 2.84. The van der Waals surface area contributed by atoms with Gasteiger partial charge in [-0.15, -0.1) is 11.3 Å². The molecule has 1 aliphatic rings. The maximum Gasteiger partial charge on any atom is 0.0455 e. The zero-order valence-electron chi connectivity index (χ0n) is 10.4. The highest BCUT2D eigenvalue weighted by atomic mass is 35.5. The molecule has 3 heteroatoms. The van der Waals surface area contributed by atoms with Crippen molar-refractivity contribution < 1.29 is 0 Å². The largest absolute Gasteiger partial charge is 0.384 e. The first-order valence-electron chi connectivity index (χ1n) is 6.27. The van der Waals surface area contributed by atoms with Gasteiger partial charge >= 0.3 is 0 Å². The van der Waals surface area contributed by atoms with Crippen LogP contribution in [0.4, 0.5) is 5.69 Å². The molecule has 2 aromatic rings. The predicted octanol–water partition coefficient (Wildman–Crippen LogP) is 4.54. The number of aryl methyl sites for hydroxylation is 1. The summed E-state index contributed by atoms with van der Waals surface area (Å²) in [5.74, 6) is 0.691. The summed E-state index contributed by atoms with van der Waals surface area (Å²) < 4.78 is 0. The van der Waals surface area contributed by atoms with E-state index in [-0.39, 0.29) is 0 Å². The third-order valence-electron chi connectivity index (χ3n) is 3.54. The van der Waals surface area contributed by atoms with Crippen LogP contribution in [-0.2, 0) is 12.8 Å². The first kappa shape index (κ1) is 12.1. The Kier molecular flexibility index (Phi) is 3.31. The smallest absolute Gasteiger partial charge is 0.0455 e. The monoisotopic (exact) mass is 277 g/mol. The van der Waals surface area contributed by atoms with Crippen molar-refractivity contribution in [3.63, 3.8) is 0 Å². The number of hydrogen-bond donors (Lipinski definition) is 1. The van der Waals surface area contributed by atoms with Gasteiger partial charge in [-0.25, -0.2) is 0 Å². The summed E-state index contributed by atoms with van der Waals surface area (Å²) in [6.45, 7) is 3.12. The van der Waals surface area contributed by atoms with Crippen LogP contribution in [0.15, 0.2) is 29.6 Å². The molecule has 18 heavy (non-hydrogen) atoms. The van der Waals surface area contributed by atoms with Crippen LogP contribution in [-0.4, -0.2) is 6.54 Å². The summed E-state index contributed by atoms with van der Waals surface area (Å²) in [6.07, 6.45) is 2.32. The maximum atomic E-state index is 6.16. The van der Waals surface area contributed by atoms with E-state index in [0.29, 0.717) is 5.92 Å². The van der Waals surface area contributed by atoms with Gasteiger partial charge in [0, 0.05) is 22.1 Å². The minimum atomic E-state index is 0.691. The highest BCUT2D eigenvalue weighted by Gasteiger charge is 2.19. The van der Waals surface area contributed by atoms with Gasteiger partial charge in [-0.3, -0.25) is 0 Å². The van der Waals surface area contributed by atoms with E-state index in [1.54, 1.807) is 0 Å². The van der Waals surface area contributed by atoms with Crippen LogP contribution in [0, 0.1) is 12.8 Å². The Labute approximate surface area is 117 Å². The van der Waals surface area contributed by atoms with Gasteiger partial charge < -0.3 is 5.32 Å². The highest BCUT2D eigenvalue weighted by molar-refractivity contribution is 7.09. The third-order valence-corrected chi connectivity index (χ3v) is 4.85. The number of fused-ring (bicyclic) bond motifs is 1. The summed E-state index contributed by atoms with van der Waals surface area (Å²) in [6, 6.07) is 8.65. The topological polar surface area (TPSA) is 12.0 Å². The number of thiophene rings is 1. The van der Waals surface area contributed by atoms with E-state index in [1.807, 2.05) is 11.3 Å². The van der Waals surface area contributed by atoms with E-state index in [1.165, 1.54) is 28.1 Å². The molecule has 1 aliphatic heterocycles. The summed E-state index contributed by atoms with van der Waals surface area (Å²) in [5, 5.41) is 6.53. The molecule has 2 heterocycles. The van der Waals surface area contributed by atoms with Crippen LogP contribution in [0.25, 0.3) is 0 Å². The normalized spacial score (nSPS) is 18.2. The zero-order valence-corrected chi connectivity index (χ0v) is 11.9. The van der Waals surface area contributed by atoms with Gasteiger partial charge in [0.25, 0.3) is 0 Å². The van der Waals surface area contributed by atoms with Gasteiger partial charge in [0.15, 0.2) is 0 Å². The molecule has 0 amide bonds. The predicted molar refractivity (Wildman–Crippen MR) is 79.9 cm³/mol. The number of benzene rings is 1.